The Morgan fingerprint density at radius 3 is 2.47 bits per heavy atom. The molecule has 1 amide bonds. The second-order valence-electron chi connectivity index (χ2n) is 9.00. The first-order valence-corrected chi connectivity index (χ1v) is 12.3. The van der Waals surface area contributed by atoms with E-state index in [1.54, 1.807) is 29.2 Å². The van der Waals surface area contributed by atoms with Crippen LogP contribution in [0.3, 0.4) is 0 Å². The number of amides is 1. The van der Waals surface area contributed by atoms with Gasteiger partial charge in [0.25, 0.3) is 5.91 Å². The molecule has 1 atom stereocenters. The van der Waals surface area contributed by atoms with Gasteiger partial charge in [0.15, 0.2) is 5.43 Å². The van der Waals surface area contributed by atoms with Crippen LogP contribution in [0.25, 0.3) is 11.0 Å². The molecule has 0 N–H and O–H groups in total. The molecule has 5 nitrogen and oxygen atoms in total. The van der Waals surface area contributed by atoms with Crippen LogP contribution in [0.5, 0.6) is 5.75 Å². The molecule has 7 heteroatoms. The number of hydrogen-bond donors (Lipinski definition) is 0. The maximum Gasteiger partial charge on any atom is 0.291 e. The molecule has 4 aromatic rings. The monoisotopic (exact) mass is 505 g/mol. The van der Waals surface area contributed by atoms with Crippen molar-refractivity contribution in [3.63, 3.8) is 0 Å². The van der Waals surface area contributed by atoms with Gasteiger partial charge in [0.1, 0.15) is 17.1 Å². The predicted molar refractivity (Wildman–Crippen MR) is 137 cm³/mol. The van der Waals surface area contributed by atoms with Crippen molar-refractivity contribution in [2.24, 2.45) is 0 Å². The molecule has 0 fully saturated rings. The second kappa shape index (κ2) is 9.78. The molecular weight excluding hydrogens is 481 g/mol. The van der Waals surface area contributed by atoms with Crippen LogP contribution in [0.2, 0.25) is 5.02 Å². The van der Waals surface area contributed by atoms with E-state index in [0.717, 1.165) is 35.3 Å². The number of hydrogen-bond acceptors (Lipinski definition) is 4. The number of benzene rings is 3. The average molecular weight is 506 g/mol. The number of unbranched alkanes of at least 4 members (excludes halogenated alkanes) is 1. The largest absolute Gasteiger partial charge is 0.494 e. The van der Waals surface area contributed by atoms with Crippen LogP contribution in [0, 0.1) is 12.7 Å². The van der Waals surface area contributed by atoms with Crippen molar-refractivity contribution < 1.29 is 18.3 Å². The van der Waals surface area contributed by atoms with Crippen LogP contribution >= 0.6 is 11.6 Å². The second-order valence-corrected chi connectivity index (χ2v) is 9.41. The SMILES string of the molecule is CCCCOc1ccc(C2c3c(oc4cc(C)c(Cl)cc4c3=O)C(=O)N2Cc2ccc(F)cc2)cc1. The van der Waals surface area contributed by atoms with Crippen molar-refractivity contribution >= 4 is 28.5 Å². The highest BCUT2D eigenvalue weighted by Crippen LogP contribution is 2.40. The average Bonchev–Trinajstić information content (AvgIpc) is 3.14. The highest BCUT2D eigenvalue weighted by Gasteiger charge is 2.42. The molecule has 1 aromatic heterocycles. The molecule has 36 heavy (non-hydrogen) atoms. The van der Waals surface area contributed by atoms with Gasteiger partial charge in [0.05, 0.1) is 23.6 Å². The summed E-state index contributed by atoms with van der Waals surface area (Å²) < 4.78 is 25.3. The van der Waals surface area contributed by atoms with Gasteiger partial charge in [-0.05, 0) is 66.4 Å². The first-order chi connectivity index (χ1) is 17.4. The maximum absolute atomic E-state index is 13.7. The Morgan fingerprint density at radius 2 is 1.78 bits per heavy atom. The highest BCUT2D eigenvalue weighted by atomic mass is 35.5. The van der Waals surface area contributed by atoms with Gasteiger partial charge in [-0.25, -0.2) is 4.39 Å². The van der Waals surface area contributed by atoms with E-state index in [-0.39, 0.29) is 29.1 Å². The number of halogens is 2. The molecule has 0 saturated carbocycles. The van der Waals surface area contributed by atoms with Gasteiger partial charge in [-0.1, -0.05) is 49.2 Å². The summed E-state index contributed by atoms with van der Waals surface area (Å²) in [5.41, 5.74) is 2.52. The normalized spacial score (nSPS) is 14.9. The summed E-state index contributed by atoms with van der Waals surface area (Å²) >= 11 is 6.31. The van der Waals surface area contributed by atoms with Gasteiger partial charge in [-0.15, -0.1) is 0 Å². The third-order valence-electron chi connectivity index (χ3n) is 6.48. The lowest BCUT2D eigenvalue weighted by molar-refractivity contribution is 0.0714. The first kappa shape index (κ1) is 24.1. The molecule has 0 radical (unpaired) electrons. The van der Waals surface area contributed by atoms with E-state index in [4.69, 9.17) is 20.8 Å². The first-order valence-electron chi connectivity index (χ1n) is 11.9. The fourth-order valence-electron chi connectivity index (χ4n) is 4.52. The van der Waals surface area contributed by atoms with E-state index in [0.29, 0.717) is 22.6 Å². The Bertz CT molecular complexity index is 1500. The third-order valence-corrected chi connectivity index (χ3v) is 6.88. The Labute approximate surface area is 213 Å². The molecule has 3 aromatic carbocycles. The Balaban J connectivity index is 1.62. The van der Waals surface area contributed by atoms with Crippen LogP contribution in [0.1, 0.15) is 58.6 Å². The van der Waals surface area contributed by atoms with Crippen molar-refractivity contribution in [2.45, 2.75) is 39.3 Å². The Morgan fingerprint density at radius 1 is 1.06 bits per heavy atom. The lowest BCUT2D eigenvalue weighted by atomic mass is 9.98. The number of ether oxygens (including phenoxy) is 1. The molecule has 0 saturated heterocycles. The van der Waals surface area contributed by atoms with Crippen molar-refractivity contribution in [3.8, 4) is 5.75 Å². The number of nitrogens with zero attached hydrogens (tertiary/aromatic N) is 1. The van der Waals surface area contributed by atoms with Crippen LogP contribution in [0.4, 0.5) is 4.39 Å². The Hall–Kier alpha value is -3.64. The van der Waals surface area contributed by atoms with E-state index < -0.39 is 11.9 Å². The minimum atomic E-state index is -0.678. The number of carbonyl (C=O) groups is 1. The summed E-state index contributed by atoms with van der Waals surface area (Å²) in [7, 11) is 0. The standard InChI is InChI=1S/C29H25ClFNO4/c1-3-4-13-35-21-11-7-19(8-12-21)26-25-27(33)22-15-23(30)17(2)14-24(22)36-28(25)29(34)32(26)16-18-5-9-20(31)10-6-18/h5-12,14-15,26H,3-4,13,16H2,1-2H3. The van der Waals surface area contributed by atoms with E-state index >= 15 is 0 Å². The van der Waals surface area contributed by atoms with Gasteiger partial charge in [0, 0.05) is 11.6 Å². The fraction of sp³-hybridized carbons (Fsp3) is 0.241. The zero-order valence-corrected chi connectivity index (χ0v) is 20.8. The quantitative estimate of drug-likeness (QED) is 0.259. The molecule has 0 aliphatic carbocycles. The molecule has 5 rings (SSSR count). The van der Waals surface area contributed by atoms with Gasteiger partial charge in [-0.3, -0.25) is 9.59 Å². The lowest BCUT2D eigenvalue weighted by Crippen LogP contribution is -2.29. The third kappa shape index (κ3) is 4.37. The number of aryl methyl sites for hydroxylation is 1. The fourth-order valence-corrected chi connectivity index (χ4v) is 4.68. The van der Waals surface area contributed by atoms with Gasteiger partial charge in [0.2, 0.25) is 5.76 Å². The zero-order valence-electron chi connectivity index (χ0n) is 20.0. The van der Waals surface area contributed by atoms with Gasteiger partial charge in [-0.2, -0.15) is 0 Å². The topological polar surface area (TPSA) is 59.8 Å². The molecule has 2 heterocycles. The maximum atomic E-state index is 13.7. The molecular formula is C29H25ClFNO4. The van der Waals surface area contributed by atoms with E-state index in [1.807, 2.05) is 31.2 Å². The van der Waals surface area contributed by atoms with Crippen LogP contribution in [-0.2, 0) is 6.54 Å². The number of carbonyl (C=O) groups excluding carboxylic acids is 1. The van der Waals surface area contributed by atoms with Crippen molar-refractivity contribution in [1.82, 2.24) is 4.90 Å². The lowest BCUT2D eigenvalue weighted by Gasteiger charge is -2.25. The summed E-state index contributed by atoms with van der Waals surface area (Å²) in [5, 5.41) is 0.776. The van der Waals surface area contributed by atoms with Crippen molar-refractivity contribution in [1.29, 1.82) is 0 Å². The van der Waals surface area contributed by atoms with Gasteiger partial charge < -0.3 is 14.1 Å². The number of rotatable bonds is 7. The van der Waals surface area contributed by atoms with E-state index in [9.17, 15) is 14.0 Å². The molecule has 184 valence electrons. The summed E-state index contributed by atoms with van der Waals surface area (Å²) in [6, 6.07) is 15.9. The van der Waals surface area contributed by atoms with Crippen LogP contribution in [0.15, 0.2) is 69.9 Å². The van der Waals surface area contributed by atoms with Crippen molar-refractivity contribution in [2.75, 3.05) is 6.61 Å². The van der Waals surface area contributed by atoms with Crippen LogP contribution < -0.4 is 10.2 Å². The molecule has 1 aliphatic rings. The highest BCUT2D eigenvalue weighted by molar-refractivity contribution is 6.32. The predicted octanol–water partition coefficient (Wildman–Crippen LogP) is 6.82. The summed E-state index contributed by atoms with van der Waals surface area (Å²) in [5.74, 6) is -0.0196. The summed E-state index contributed by atoms with van der Waals surface area (Å²) in [4.78, 5) is 28.9. The minimum Gasteiger partial charge on any atom is -0.494 e. The van der Waals surface area contributed by atoms with Crippen molar-refractivity contribution in [3.05, 3.63) is 110 Å². The Kier molecular flexibility index (Phi) is 6.54. The summed E-state index contributed by atoms with van der Waals surface area (Å²) in [6.07, 6.45) is 1.98. The zero-order chi connectivity index (χ0) is 25.4. The minimum absolute atomic E-state index is 0.0182. The number of fused-ring (bicyclic) bond motifs is 2. The molecule has 1 unspecified atom stereocenters. The summed E-state index contributed by atoms with van der Waals surface area (Å²) in [6.45, 7) is 4.70. The van der Waals surface area contributed by atoms with E-state index in [2.05, 4.69) is 6.92 Å². The van der Waals surface area contributed by atoms with Crippen LogP contribution in [-0.4, -0.2) is 17.4 Å². The molecule has 0 bridgehead atoms. The van der Waals surface area contributed by atoms with E-state index in [1.165, 1.54) is 12.1 Å². The van der Waals surface area contributed by atoms with Gasteiger partial charge >= 0.3 is 0 Å². The molecule has 0 spiro atoms. The molecule has 1 aliphatic heterocycles. The smallest absolute Gasteiger partial charge is 0.291 e.